The van der Waals surface area contributed by atoms with Gasteiger partial charge in [0, 0.05) is 6.20 Å². The number of fused-ring (bicyclic) bond motifs is 1. The zero-order valence-corrected chi connectivity index (χ0v) is 15.2. The van der Waals surface area contributed by atoms with Crippen LogP contribution in [0.5, 0.6) is 0 Å². The number of amides is 1. The molecule has 0 radical (unpaired) electrons. The van der Waals surface area contributed by atoms with Crippen molar-refractivity contribution < 1.29 is 14.3 Å². The Kier molecular flexibility index (Phi) is 5.33. The van der Waals surface area contributed by atoms with Crippen LogP contribution in [-0.2, 0) is 9.53 Å². The van der Waals surface area contributed by atoms with E-state index in [0.717, 1.165) is 11.7 Å². The number of halogens is 3. The summed E-state index contributed by atoms with van der Waals surface area (Å²) in [6.45, 7) is -0.537. The monoisotopic (exact) mass is 416 g/mol. The van der Waals surface area contributed by atoms with Crippen LogP contribution >= 0.6 is 46.5 Å². The fourth-order valence-electron chi connectivity index (χ4n) is 1.88. The van der Waals surface area contributed by atoms with Gasteiger partial charge in [0.15, 0.2) is 12.3 Å². The van der Waals surface area contributed by atoms with Crippen LogP contribution in [-0.4, -0.2) is 32.2 Å². The summed E-state index contributed by atoms with van der Waals surface area (Å²) >= 11 is 18.5. The molecule has 0 aliphatic heterocycles. The van der Waals surface area contributed by atoms with E-state index in [1.165, 1.54) is 6.20 Å². The third kappa shape index (κ3) is 3.82. The number of carbonyl (C=O) groups excluding carboxylic acids is 2. The van der Waals surface area contributed by atoms with Gasteiger partial charge in [-0.1, -0.05) is 40.9 Å². The maximum absolute atomic E-state index is 12.0. The first-order chi connectivity index (χ1) is 12.0. The number of nitrogens with zero attached hydrogens (tertiary/aromatic N) is 3. The molecule has 0 spiro atoms. The van der Waals surface area contributed by atoms with E-state index in [-0.39, 0.29) is 20.8 Å². The van der Waals surface area contributed by atoms with E-state index in [2.05, 4.69) is 19.0 Å². The van der Waals surface area contributed by atoms with Crippen LogP contribution in [0.4, 0.5) is 5.69 Å². The molecule has 0 unspecified atom stereocenters. The summed E-state index contributed by atoms with van der Waals surface area (Å²) in [6, 6.07) is 5.16. The smallest absolute Gasteiger partial charge is 0.359 e. The van der Waals surface area contributed by atoms with Crippen LogP contribution in [0.2, 0.25) is 15.1 Å². The van der Waals surface area contributed by atoms with E-state index in [1.54, 1.807) is 18.2 Å². The van der Waals surface area contributed by atoms with Crippen LogP contribution in [0.25, 0.3) is 11.0 Å². The Morgan fingerprint density at radius 3 is 2.76 bits per heavy atom. The van der Waals surface area contributed by atoms with Crippen LogP contribution in [0.15, 0.2) is 24.4 Å². The topological polar surface area (TPSA) is 94.1 Å². The first-order valence-corrected chi connectivity index (χ1v) is 8.51. The number of benzene rings is 1. The number of aromatic nitrogens is 3. The highest BCUT2D eigenvalue weighted by Crippen LogP contribution is 2.31. The van der Waals surface area contributed by atoms with E-state index in [4.69, 9.17) is 39.5 Å². The van der Waals surface area contributed by atoms with Gasteiger partial charge in [-0.15, -0.1) is 0 Å². The molecule has 1 N–H and O–H groups in total. The van der Waals surface area contributed by atoms with Gasteiger partial charge < -0.3 is 10.1 Å². The molecule has 0 aliphatic carbocycles. The summed E-state index contributed by atoms with van der Waals surface area (Å²) in [5.41, 5.74) is 1.46. The highest BCUT2D eigenvalue weighted by molar-refractivity contribution is 7.00. The van der Waals surface area contributed by atoms with Crippen molar-refractivity contribution in [3.63, 3.8) is 0 Å². The Bertz CT molecular complexity index is 979. The van der Waals surface area contributed by atoms with Gasteiger partial charge >= 0.3 is 5.97 Å². The highest BCUT2D eigenvalue weighted by Gasteiger charge is 2.19. The third-order valence-corrected chi connectivity index (χ3v) is 4.79. The van der Waals surface area contributed by atoms with Gasteiger partial charge in [-0.3, -0.25) is 4.79 Å². The maximum Gasteiger partial charge on any atom is 0.359 e. The van der Waals surface area contributed by atoms with Crippen LogP contribution in [0.1, 0.15) is 10.5 Å². The number of nitrogens with one attached hydrogen (secondary N) is 1. The summed E-state index contributed by atoms with van der Waals surface area (Å²) in [6.07, 6.45) is 1.17. The minimum absolute atomic E-state index is 0.0163. The molecular weight excluding hydrogens is 411 g/mol. The molecule has 0 aliphatic rings. The molecule has 3 rings (SSSR count). The lowest BCUT2D eigenvalue weighted by Gasteiger charge is -2.08. The molecular formula is C14H7Cl3N4O3S. The quantitative estimate of drug-likeness (QED) is 0.648. The molecule has 128 valence electrons. The number of hydrogen-bond acceptors (Lipinski definition) is 7. The van der Waals surface area contributed by atoms with Crippen LogP contribution in [0.3, 0.4) is 0 Å². The Labute approximate surface area is 160 Å². The number of hydrogen-bond donors (Lipinski definition) is 1. The van der Waals surface area contributed by atoms with Gasteiger partial charge in [0.05, 0.1) is 32.5 Å². The van der Waals surface area contributed by atoms with Crippen molar-refractivity contribution in [3.8, 4) is 0 Å². The summed E-state index contributed by atoms with van der Waals surface area (Å²) in [7, 11) is 0. The summed E-state index contributed by atoms with van der Waals surface area (Å²) in [5, 5.41) is 2.55. The van der Waals surface area contributed by atoms with E-state index in [0.29, 0.717) is 16.7 Å². The zero-order chi connectivity index (χ0) is 18.0. The molecule has 0 fully saturated rings. The van der Waals surface area contributed by atoms with E-state index >= 15 is 0 Å². The molecule has 1 aromatic carbocycles. The number of anilines is 1. The third-order valence-electron chi connectivity index (χ3n) is 3.01. The lowest BCUT2D eigenvalue weighted by molar-refractivity contribution is -0.119. The zero-order valence-electron chi connectivity index (χ0n) is 12.1. The Morgan fingerprint density at radius 1 is 1.16 bits per heavy atom. The predicted molar refractivity (Wildman–Crippen MR) is 95.6 cm³/mol. The number of rotatable bonds is 4. The van der Waals surface area contributed by atoms with Gasteiger partial charge in [-0.2, -0.15) is 8.75 Å². The molecule has 3 aromatic rings. The lowest BCUT2D eigenvalue weighted by atomic mass is 10.2. The van der Waals surface area contributed by atoms with Crippen molar-refractivity contribution in [2.45, 2.75) is 0 Å². The maximum atomic E-state index is 12.0. The minimum atomic E-state index is -0.896. The molecule has 0 atom stereocenters. The van der Waals surface area contributed by atoms with Crippen LogP contribution < -0.4 is 5.32 Å². The average Bonchev–Trinajstić information content (AvgIpc) is 3.07. The molecule has 7 nitrogen and oxygen atoms in total. The van der Waals surface area contributed by atoms with Gasteiger partial charge in [-0.05, 0) is 12.1 Å². The lowest BCUT2D eigenvalue weighted by Crippen LogP contribution is -2.21. The normalized spacial score (nSPS) is 10.7. The number of pyridine rings is 1. The molecule has 1 amide bonds. The second kappa shape index (κ2) is 7.49. The average molecular weight is 418 g/mol. The molecule has 2 heterocycles. The Balaban J connectivity index is 1.65. The Hall–Kier alpha value is -2.00. The predicted octanol–water partition coefficient (Wildman–Crippen LogP) is 3.84. The van der Waals surface area contributed by atoms with Crippen molar-refractivity contribution in [1.82, 2.24) is 13.7 Å². The number of ether oxygens (including phenoxy) is 1. The van der Waals surface area contributed by atoms with Gasteiger partial charge in [0.2, 0.25) is 0 Å². The standard InChI is InChI=1S/C14H7Cl3N4O3S/c15-6-4-18-13(11(17)10(6)16)14(23)24-5-9(22)19-7-2-1-3-8-12(7)21-25-20-8/h1-4H,5H2,(H,19,22). The van der Waals surface area contributed by atoms with E-state index < -0.39 is 18.5 Å². The number of esters is 1. The van der Waals surface area contributed by atoms with E-state index in [9.17, 15) is 9.59 Å². The summed E-state index contributed by atoms with van der Waals surface area (Å²) < 4.78 is 13.1. The Morgan fingerprint density at radius 2 is 1.96 bits per heavy atom. The second-order valence-electron chi connectivity index (χ2n) is 4.64. The molecule has 25 heavy (non-hydrogen) atoms. The van der Waals surface area contributed by atoms with Gasteiger partial charge in [0.25, 0.3) is 5.91 Å². The van der Waals surface area contributed by atoms with Crippen LogP contribution in [0, 0.1) is 0 Å². The SMILES string of the molecule is O=C(COC(=O)c1ncc(Cl)c(Cl)c1Cl)Nc1cccc2nsnc12. The second-order valence-corrected chi connectivity index (χ2v) is 6.34. The number of carbonyl (C=O) groups is 2. The molecule has 0 saturated carbocycles. The van der Waals surface area contributed by atoms with Crippen molar-refractivity contribution in [2.24, 2.45) is 0 Å². The van der Waals surface area contributed by atoms with E-state index in [1.807, 2.05) is 0 Å². The minimum Gasteiger partial charge on any atom is -0.451 e. The largest absolute Gasteiger partial charge is 0.451 e. The van der Waals surface area contributed by atoms with Crippen molar-refractivity contribution in [3.05, 3.63) is 45.2 Å². The highest BCUT2D eigenvalue weighted by atomic mass is 35.5. The van der Waals surface area contributed by atoms with Crippen molar-refractivity contribution in [2.75, 3.05) is 11.9 Å². The van der Waals surface area contributed by atoms with Gasteiger partial charge in [-0.25, -0.2) is 9.78 Å². The first kappa shape index (κ1) is 17.8. The molecule has 0 saturated heterocycles. The summed E-state index contributed by atoms with van der Waals surface area (Å²) in [4.78, 5) is 27.7. The van der Waals surface area contributed by atoms with Crippen molar-refractivity contribution in [1.29, 1.82) is 0 Å². The molecule has 2 aromatic heterocycles. The van der Waals surface area contributed by atoms with Gasteiger partial charge in [0.1, 0.15) is 11.0 Å². The first-order valence-electron chi connectivity index (χ1n) is 6.65. The van der Waals surface area contributed by atoms with Crippen molar-refractivity contribution >= 4 is 75.1 Å². The fourth-order valence-corrected chi connectivity index (χ4v) is 2.99. The fraction of sp³-hybridized carbons (Fsp3) is 0.0714. The molecule has 0 bridgehead atoms. The molecule has 11 heteroatoms. The summed E-state index contributed by atoms with van der Waals surface area (Å²) in [5.74, 6) is -1.45.